The van der Waals surface area contributed by atoms with Crippen LogP contribution in [0.15, 0.2) is 0 Å². The van der Waals surface area contributed by atoms with Crippen molar-refractivity contribution in [3.8, 4) is 0 Å². The predicted molar refractivity (Wildman–Crippen MR) is 44.3 cm³/mol. The van der Waals surface area contributed by atoms with Gasteiger partial charge in [-0.15, -0.1) is 20.2 Å². The van der Waals surface area contributed by atoms with Crippen LogP contribution in [0.4, 0.5) is 0 Å². The van der Waals surface area contributed by atoms with Crippen molar-refractivity contribution in [2.75, 3.05) is 0 Å². The molecule has 0 radical (unpaired) electrons. The van der Waals surface area contributed by atoms with Crippen molar-refractivity contribution in [3.05, 3.63) is 20.2 Å². The summed E-state index contributed by atoms with van der Waals surface area (Å²) in [4.78, 5) is 28.4. The van der Waals surface area contributed by atoms with Crippen molar-refractivity contribution in [1.82, 2.24) is 0 Å². The number of hydrogen-bond donors (Lipinski definition) is 0. The summed E-state index contributed by atoms with van der Waals surface area (Å²) in [5, 5.41) is 18.0. The molecule has 8 nitrogen and oxygen atoms in total. The van der Waals surface area contributed by atoms with Gasteiger partial charge in [0.05, 0.1) is 0 Å². The number of hydrogen-bond acceptors (Lipinski definition) is 6. The van der Waals surface area contributed by atoms with E-state index >= 15 is 0 Å². The summed E-state index contributed by atoms with van der Waals surface area (Å²) in [6.45, 7) is 3.14. The Bertz CT molecular complexity index is 208. The molecule has 0 aromatic carbocycles. The molecule has 0 aromatic heterocycles. The largest absolute Gasteiger partial charge is 0.309 e. The van der Waals surface area contributed by atoms with Crippen LogP contribution in [0.2, 0.25) is 0 Å². The Morgan fingerprint density at radius 3 is 2.07 bits per heavy atom. The Labute approximate surface area is 80.0 Å². The van der Waals surface area contributed by atoms with E-state index in [0.29, 0.717) is 12.8 Å². The lowest BCUT2D eigenvalue weighted by molar-refractivity contribution is -0.798. The first-order chi connectivity index (χ1) is 6.47. The molecule has 0 aromatic rings. The number of nitrogens with zero attached hydrogens (tertiary/aromatic N) is 2. The van der Waals surface area contributed by atoms with Gasteiger partial charge >= 0.3 is 0 Å². The van der Waals surface area contributed by atoms with Gasteiger partial charge < -0.3 is 9.68 Å². The Morgan fingerprint density at radius 1 is 1.21 bits per heavy atom. The molecule has 0 heterocycles. The second kappa shape index (κ2) is 5.95. The second-order valence-corrected chi connectivity index (χ2v) is 2.69. The predicted octanol–water partition coefficient (Wildman–Crippen LogP) is 0.960. The Hall–Kier alpha value is -1.60. The Morgan fingerprint density at radius 2 is 1.71 bits per heavy atom. The molecule has 0 bridgehead atoms. The molecule has 0 spiro atoms. The molecule has 82 valence electrons. The highest BCUT2D eigenvalue weighted by atomic mass is 17.0. The zero-order valence-electron chi connectivity index (χ0n) is 7.91. The van der Waals surface area contributed by atoms with E-state index < -0.39 is 22.4 Å². The van der Waals surface area contributed by atoms with E-state index in [2.05, 4.69) is 9.68 Å². The van der Waals surface area contributed by atoms with Crippen LogP contribution in [0.3, 0.4) is 0 Å². The summed E-state index contributed by atoms with van der Waals surface area (Å²) in [6.07, 6.45) is -0.907. The Balaban J connectivity index is 4.16. The standard InChI is InChI=1S/C6H12N2O6/c1-3-4-6(14-8(11)12)5(2)13-7(9)10/h5-6H,3-4H2,1-2H3. The molecule has 0 aliphatic heterocycles. The van der Waals surface area contributed by atoms with Crippen LogP contribution < -0.4 is 0 Å². The lowest BCUT2D eigenvalue weighted by Crippen LogP contribution is -2.32. The van der Waals surface area contributed by atoms with Gasteiger partial charge in [-0.05, 0) is 13.3 Å². The summed E-state index contributed by atoms with van der Waals surface area (Å²) in [5.41, 5.74) is 0. The molecule has 0 aliphatic rings. The van der Waals surface area contributed by atoms with Crippen LogP contribution in [-0.2, 0) is 9.68 Å². The zero-order valence-corrected chi connectivity index (χ0v) is 7.91. The van der Waals surface area contributed by atoms with Crippen molar-refractivity contribution in [3.63, 3.8) is 0 Å². The molecule has 8 heteroatoms. The molecular formula is C6H12N2O6. The van der Waals surface area contributed by atoms with Crippen LogP contribution in [0.25, 0.3) is 0 Å². The van der Waals surface area contributed by atoms with E-state index in [1.54, 1.807) is 6.92 Å². The maximum absolute atomic E-state index is 10.0. The van der Waals surface area contributed by atoms with E-state index in [9.17, 15) is 20.2 Å². The van der Waals surface area contributed by atoms with Gasteiger partial charge in [-0.2, -0.15) is 0 Å². The van der Waals surface area contributed by atoms with Crippen molar-refractivity contribution in [2.24, 2.45) is 0 Å². The van der Waals surface area contributed by atoms with E-state index in [1.165, 1.54) is 6.92 Å². The molecule has 0 amide bonds. The van der Waals surface area contributed by atoms with Crippen LogP contribution in [0.1, 0.15) is 26.7 Å². The normalized spacial score (nSPS) is 14.1. The van der Waals surface area contributed by atoms with E-state index in [-0.39, 0.29) is 0 Å². The fraction of sp³-hybridized carbons (Fsp3) is 1.00. The molecule has 2 unspecified atom stereocenters. The maximum atomic E-state index is 10.0. The first-order valence-electron chi connectivity index (χ1n) is 4.09. The average Bonchev–Trinajstić information content (AvgIpc) is 2.01. The second-order valence-electron chi connectivity index (χ2n) is 2.69. The van der Waals surface area contributed by atoms with Gasteiger partial charge in [0, 0.05) is 0 Å². The third-order valence-electron chi connectivity index (χ3n) is 1.57. The van der Waals surface area contributed by atoms with Gasteiger partial charge in [0.1, 0.15) is 12.2 Å². The topological polar surface area (TPSA) is 105 Å². The van der Waals surface area contributed by atoms with Crippen molar-refractivity contribution < 1.29 is 19.8 Å². The zero-order chi connectivity index (χ0) is 11.1. The summed E-state index contributed by atoms with van der Waals surface area (Å²) < 4.78 is 0. The molecule has 2 atom stereocenters. The first-order valence-corrected chi connectivity index (χ1v) is 4.09. The monoisotopic (exact) mass is 208 g/mol. The third-order valence-corrected chi connectivity index (χ3v) is 1.57. The van der Waals surface area contributed by atoms with Crippen molar-refractivity contribution in [1.29, 1.82) is 0 Å². The summed E-state index contributed by atoms with van der Waals surface area (Å²) in [6, 6.07) is 0. The maximum Gasteiger partial charge on any atom is 0.294 e. The first kappa shape index (κ1) is 12.4. The molecular weight excluding hydrogens is 196 g/mol. The lowest BCUT2D eigenvalue weighted by Gasteiger charge is -2.19. The third kappa shape index (κ3) is 5.12. The SMILES string of the molecule is CCCC(O[N+](=O)[O-])C(C)O[N+](=O)[O-]. The molecule has 0 saturated heterocycles. The molecule has 0 N–H and O–H groups in total. The fourth-order valence-corrected chi connectivity index (χ4v) is 0.972. The quantitative estimate of drug-likeness (QED) is 0.455. The van der Waals surface area contributed by atoms with Crippen molar-refractivity contribution in [2.45, 2.75) is 38.9 Å². The minimum Gasteiger partial charge on any atom is -0.309 e. The lowest BCUT2D eigenvalue weighted by atomic mass is 10.1. The van der Waals surface area contributed by atoms with Gasteiger partial charge in [0.25, 0.3) is 10.2 Å². The van der Waals surface area contributed by atoms with Crippen LogP contribution in [0, 0.1) is 20.2 Å². The van der Waals surface area contributed by atoms with Gasteiger partial charge in [-0.1, -0.05) is 13.3 Å². The van der Waals surface area contributed by atoms with E-state index in [1.807, 2.05) is 0 Å². The molecule has 0 saturated carbocycles. The highest BCUT2D eigenvalue weighted by molar-refractivity contribution is 4.62. The molecule has 0 aliphatic carbocycles. The molecule has 14 heavy (non-hydrogen) atoms. The smallest absolute Gasteiger partial charge is 0.294 e. The molecule has 0 fully saturated rings. The van der Waals surface area contributed by atoms with Crippen LogP contribution in [0.5, 0.6) is 0 Å². The highest BCUT2D eigenvalue weighted by Crippen LogP contribution is 2.10. The van der Waals surface area contributed by atoms with E-state index in [4.69, 9.17) is 0 Å². The highest BCUT2D eigenvalue weighted by Gasteiger charge is 2.23. The van der Waals surface area contributed by atoms with Gasteiger partial charge in [-0.25, -0.2) is 0 Å². The fourth-order valence-electron chi connectivity index (χ4n) is 0.972. The molecule has 0 rings (SSSR count). The Kier molecular flexibility index (Phi) is 5.27. The van der Waals surface area contributed by atoms with Crippen LogP contribution in [-0.4, -0.2) is 22.4 Å². The van der Waals surface area contributed by atoms with Gasteiger partial charge in [0.15, 0.2) is 0 Å². The minimum atomic E-state index is -0.989. The van der Waals surface area contributed by atoms with Gasteiger partial charge in [0.2, 0.25) is 0 Å². The summed E-state index contributed by atoms with van der Waals surface area (Å²) in [5.74, 6) is 0. The number of rotatable bonds is 7. The average molecular weight is 208 g/mol. The van der Waals surface area contributed by atoms with Gasteiger partial charge in [-0.3, -0.25) is 0 Å². The van der Waals surface area contributed by atoms with E-state index in [0.717, 1.165) is 0 Å². The summed E-state index contributed by atoms with van der Waals surface area (Å²) in [7, 11) is 0. The minimum absolute atomic E-state index is 0.329. The van der Waals surface area contributed by atoms with Crippen LogP contribution >= 0.6 is 0 Å². The van der Waals surface area contributed by atoms with Crippen molar-refractivity contribution >= 4 is 0 Å². The summed E-state index contributed by atoms with van der Waals surface area (Å²) >= 11 is 0.